The van der Waals surface area contributed by atoms with Gasteiger partial charge >= 0.3 is 0 Å². The summed E-state index contributed by atoms with van der Waals surface area (Å²) in [5, 5.41) is 7.78. The highest BCUT2D eigenvalue weighted by atomic mass is 16.5. The molecule has 2 unspecified atom stereocenters. The van der Waals surface area contributed by atoms with Gasteiger partial charge in [-0.3, -0.25) is 5.10 Å². The van der Waals surface area contributed by atoms with Crippen molar-refractivity contribution in [2.75, 3.05) is 23.8 Å². The first-order valence-electron chi connectivity index (χ1n) is 6.54. The van der Waals surface area contributed by atoms with Gasteiger partial charge in [-0.05, 0) is 13.3 Å². The van der Waals surface area contributed by atoms with Gasteiger partial charge in [0.1, 0.15) is 5.82 Å². The summed E-state index contributed by atoms with van der Waals surface area (Å²) in [6.45, 7) is 5.72. The normalized spacial score (nSPS) is 24.0. The number of anilines is 2. The molecule has 7 nitrogen and oxygen atoms in total. The number of fused-ring (bicyclic) bond motifs is 1. The summed E-state index contributed by atoms with van der Waals surface area (Å²) in [5.41, 5.74) is 6.46. The van der Waals surface area contributed by atoms with E-state index in [0.717, 1.165) is 24.2 Å². The number of morpholine rings is 1. The Labute approximate surface area is 111 Å². The predicted octanol–water partition coefficient (Wildman–Crippen LogP) is 0.939. The fraction of sp³-hybridized carbons (Fsp3) is 0.583. The summed E-state index contributed by atoms with van der Waals surface area (Å²) in [5.74, 6) is 1.11. The molecule has 2 aromatic rings. The van der Waals surface area contributed by atoms with Crippen LogP contribution in [0, 0.1) is 0 Å². The van der Waals surface area contributed by atoms with Crippen LogP contribution >= 0.6 is 0 Å². The van der Waals surface area contributed by atoms with Crippen molar-refractivity contribution in [1.29, 1.82) is 0 Å². The van der Waals surface area contributed by atoms with E-state index in [1.807, 2.05) is 0 Å². The smallest absolute Gasteiger partial charge is 0.224 e. The number of rotatable bonds is 2. The molecule has 1 fully saturated rings. The maximum absolute atomic E-state index is 5.78. The molecule has 0 amide bonds. The average molecular weight is 262 g/mol. The van der Waals surface area contributed by atoms with Crippen LogP contribution in [0.3, 0.4) is 0 Å². The average Bonchev–Trinajstić information content (AvgIpc) is 2.85. The third-order valence-corrected chi connectivity index (χ3v) is 3.52. The summed E-state index contributed by atoms with van der Waals surface area (Å²) >= 11 is 0. The number of nitrogen functional groups attached to an aromatic ring is 1. The molecule has 2 aromatic heterocycles. The van der Waals surface area contributed by atoms with E-state index in [-0.39, 0.29) is 12.1 Å². The highest BCUT2D eigenvalue weighted by Gasteiger charge is 2.28. The highest BCUT2D eigenvalue weighted by molar-refractivity contribution is 5.87. The number of nitrogens with two attached hydrogens (primary N) is 1. The molecule has 1 aliphatic rings. The molecular weight excluding hydrogens is 244 g/mol. The van der Waals surface area contributed by atoms with E-state index in [0.29, 0.717) is 18.3 Å². The van der Waals surface area contributed by atoms with Crippen molar-refractivity contribution >= 4 is 22.8 Å². The van der Waals surface area contributed by atoms with E-state index in [1.54, 1.807) is 6.20 Å². The third-order valence-electron chi connectivity index (χ3n) is 3.52. The largest absolute Gasteiger partial charge is 0.375 e. The van der Waals surface area contributed by atoms with Gasteiger partial charge in [0.2, 0.25) is 5.95 Å². The third kappa shape index (κ3) is 2.10. The Bertz CT molecular complexity index is 583. The standard InChI is InChI=1S/C12H18N6O/c1-3-8-6-19-7(2)5-18(8)11-9-4-14-17-10(9)15-12(13)16-11/h4,7-8H,3,5-6H2,1-2H3,(H3,13,14,15,16,17). The van der Waals surface area contributed by atoms with Crippen molar-refractivity contribution in [1.82, 2.24) is 20.2 Å². The van der Waals surface area contributed by atoms with Gasteiger partial charge in [0, 0.05) is 6.54 Å². The molecule has 19 heavy (non-hydrogen) atoms. The molecule has 3 heterocycles. The minimum absolute atomic E-state index is 0.181. The lowest BCUT2D eigenvalue weighted by atomic mass is 10.1. The zero-order chi connectivity index (χ0) is 13.4. The topological polar surface area (TPSA) is 93.0 Å². The molecule has 0 aromatic carbocycles. The molecule has 0 saturated carbocycles. The van der Waals surface area contributed by atoms with Crippen molar-refractivity contribution in [2.24, 2.45) is 0 Å². The lowest BCUT2D eigenvalue weighted by Crippen LogP contribution is -2.49. The summed E-state index contributed by atoms with van der Waals surface area (Å²) in [7, 11) is 0. The molecule has 3 rings (SSSR count). The van der Waals surface area contributed by atoms with E-state index < -0.39 is 0 Å². The van der Waals surface area contributed by atoms with Crippen LogP contribution in [0.1, 0.15) is 20.3 Å². The Morgan fingerprint density at radius 3 is 3.16 bits per heavy atom. The van der Waals surface area contributed by atoms with Crippen molar-refractivity contribution in [2.45, 2.75) is 32.4 Å². The molecular formula is C12H18N6O. The maximum Gasteiger partial charge on any atom is 0.224 e. The van der Waals surface area contributed by atoms with E-state index >= 15 is 0 Å². The first kappa shape index (κ1) is 12.2. The molecule has 0 radical (unpaired) electrons. The van der Waals surface area contributed by atoms with Gasteiger partial charge in [-0.15, -0.1) is 0 Å². The zero-order valence-electron chi connectivity index (χ0n) is 11.1. The second-order valence-electron chi connectivity index (χ2n) is 4.90. The molecule has 102 valence electrons. The van der Waals surface area contributed by atoms with E-state index in [9.17, 15) is 0 Å². The maximum atomic E-state index is 5.78. The zero-order valence-corrected chi connectivity index (χ0v) is 11.1. The summed E-state index contributed by atoms with van der Waals surface area (Å²) in [4.78, 5) is 10.8. The van der Waals surface area contributed by atoms with Gasteiger partial charge in [0.05, 0.1) is 30.3 Å². The van der Waals surface area contributed by atoms with Crippen molar-refractivity contribution in [3.8, 4) is 0 Å². The number of aromatic amines is 1. The molecule has 0 bridgehead atoms. The van der Waals surface area contributed by atoms with Crippen molar-refractivity contribution < 1.29 is 4.74 Å². The van der Waals surface area contributed by atoms with Crippen LogP contribution in [0.25, 0.3) is 11.0 Å². The fourth-order valence-electron chi connectivity index (χ4n) is 2.50. The Hall–Kier alpha value is -1.89. The van der Waals surface area contributed by atoms with Crippen LogP contribution in [0.2, 0.25) is 0 Å². The van der Waals surface area contributed by atoms with Crippen molar-refractivity contribution in [3.63, 3.8) is 0 Å². The van der Waals surface area contributed by atoms with Gasteiger partial charge < -0.3 is 15.4 Å². The van der Waals surface area contributed by atoms with Gasteiger partial charge in [-0.2, -0.15) is 15.1 Å². The molecule has 7 heteroatoms. The monoisotopic (exact) mass is 262 g/mol. The second kappa shape index (κ2) is 4.65. The number of nitrogens with one attached hydrogen (secondary N) is 1. The van der Waals surface area contributed by atoms with Crippen LogP contribution in [0.4, 0.5) is 11.8 Å². The SMILES string of the molecule is CCC1COC(C)CN1c1nc(N)nc2[nH]ncc12. The van der Waals surface area contributed by atoms with E-state index in [1.165, 1.54) is 0 Å². The van der Waals surface area contributed by atoms with E-state index in [2.05, 4.69) is 38.9 Å². The number of H-pyrrole nitrogens is 1. The number of hydrogen-bond acceptors (Lipinski definition) is 6. The number of nitrogens with zero attached hydrogens (tertiary/aromatic N) is 4. The Morgan fingerprint density at radius 2 is 2.37 bits per heavy atom. The van der Waals surface area contributed by atoms with Crippen LogP contribution in [-0.4, -0.2) is 45.5 Å². The number of ether oxygens (including phenoxy) is 1. The first-order valence-corrected chi connectivity index (χ1v) is 6.54. The quantitative estimate of drug-likeness (QED) is 0.836. The predicted molar refractivity (Wildman–Crippen MR) is 72.9 cm³/mol. The lowest BCUT2D eigenvalue weighted by molar-refractivity contribution is 0.0297. The van der Waals surface area contributed by atoms with Crippen LogP contribution in [-0.2, 0) is 4.74 Å². The molecule has 1 saturated heterocycles. The first-order chi connectivity index (χ1) is 9.19. The molecule has 3 N–H and O–H groups in total. The lowest BCUT2D eigenvalue weighted by Gasteiger charge is -2.39. The Balaban J connectivity index is 2.08. The van der Waals surface area contributed by atoms with Gasteiger partial charge in [-0.25, -0.2) is 0 Å². The summed E-state index contributed by atoms with van der Waals surface area (Å²) in [6.07, 6.45) is 2.92. The second-order valence-corrected chi connectivity index (χ2v) is 4.90. The minimum atomic E-state index is 0.181. The Kier molecular flexibility index (Phi) is 2.98. The number of hydrogen-bond donors (Lipinski definition) is 2. The minimum Gasteiger partial charge on any atom is -0.375 e. The van der Waals surface area contributed by atoms with Gasteiger partial charge in [0.15, 0.2) is 5.65 Å². The molecule has 2 atom stereocenters. The van der Waals surface area contributed by atoms with E-state index in [4.69, 9.17) is 10.5 Å². The molecule has 0 spiro atoms. The Morgan fingerprint density at radius 1 is 1.53 bits per heavy atom. The summed E-state index contributed by atoms with van der Waals surface area (Å²) < 4.78 is 5.72. The molecule has 1 aliphatic heterocycles. The van der Waals surface area contributed by atoms with Gasteiger partial charge in [0.25, 0.3) is 0 Å². The van der Waals surface area contributed by atoms with Crippen LogP contribution < -0.4 is 10.6 Å². The fourth-order valence-corrected chi connectivity index (χ4v) is 2.50. The molecule has 0 aliphatic carbocycles. The van der Waals surface area contributed by atoms with Crippen LogP contribution in [0.15, 0.2) is 6.20 Å². The summed E-state index contributed by atoms with van der Waals surface area (Å²) in [6, 6.07) is 0.309. The van der Waals surface area contributed by atoms with Crippen LogP contribution in [0.5, 0.6) is 0 Å². The number of aromatic nitrogens is 4. The van der Waals surface area contributed by atoms with Crippen molar-refractivity contribution in [3.05, 3.63) is 6.20 Å². The van der Waals surface area contributed by atoms with Gasteiger partial charge in [-0.1, -0.05) is 6.92 Å². The highest BCUT2D eigenvalue weighted by Crippen LogP contribution is 2.28.